The number of nitrogens with one attached hydrogen (secondary N) is 2. The number of aromatic amines is 1. The fourth-order valence-corrected chi connectivity index (χ4v) is 3.63. The second-order valence-corrected chi connectivity index (χ2v) is 7.43. The van der Waals surface area contributed by atoms with Crippen LogP contribution in [-0.2, 0) is 10.0 Å². The van der Waals surface area contributed by atoms with Crippen molar-refractivity contribution in [2.24, 2.45) is 5.92 Å². The van der Waals surface area contributed by atoms with Crippen molar-refractivity contribution in [2.45, 2.75) is 37.6 Å². The third-order valence-corrected chi connectivity index (χ3v) is 5.35. The van der Waals surface area contributed by atoms with Crippen LogP contribution in [0.3, 0.4) is 0 Å². The highest BCUT2D eigenvalue weighted by molar-refractivity contribution is 7.89. The van der Waals surface area contributed by atoms with Gasteiger partial charge in [0.15, 0.2) is 12.4 Å². The summed E-state index contributed by atoms with van der Waals surface area (Å²) in [4.78, 5) is 5.53. The third-order valence-electron chi connectivity index (χ3n) is 3.93. The topological polar surface area (TPSA) is 63.6 Å². The van der Waals surface area contributed by atoms with Gasteiger partial charge >= 0.3 is 0 Å². The molecule has 0 aliphatic carbocycles. The number of hydrogen-bond acceptors (Lipinski definition) is 3. The number of hydrogen-bond donors (Lipinski definition) is 1. The highest BCUT2D eigenvalue weighted by Gasteiger charge is 2.23. The van der Waals surface area contributed by atoms with E-state index in [0.717, 1.165) is 25.9 Å². The quantitative estimate of drug-likeness (QED) is 0.878. The van der Waals surface area contributed by atoms with Gasteiger partial charge in [-0.1, -0.05) is 0 Å². The number of likely N-dealkylation sites (tertiary alicyclic amines) is 1. The van der Waals surface area contributed by atoms with Gasteiger partial charge in [-0.2, -0.15) is 0 Å². The van der Waals surface area contributed by atoms with Crippen molar-refractivity contribution < 1.29 is 13.4 Å². The maximum Gasteiger partial charge on any atom is 0.246 e. The molecule has 0 atom stereocenters. The molecular formula is C14H24N3O2S+. The molecule has 2 rings (SSSR count). The first-order valence-corrected chi connectivity index (χ1v) is 8.67. The van der Waals surface area contributed by atoms with Crippen LogP contribution in [0.4, 0.5) is 0 Å². The first-order valence-electron chi connectivity index (χ1n) is 7.19. The summed E-state index contributed by atoms with van der Waals surface area (Å²) in [6.07, 6.45) is 5.31. The lowest BCUT2D eigenvalue weighted by Gasteiger charge is -2.34. The Hall–Kier alpha value is -0.980. The van der Waals surface area contributed by atoms with E-state index in [2.05, 4.69) is 28.5 Å². The van der Waals surface area contributed by atoms with Crippen LogP contribution in [0.25, 0.3) is 0 Å². The van der Waals surface area contributed by atoms with Crippen molar-refractivity contribution >= 4 is 10.0 Å². The Morgan fingerprint density at radius 3 is 2.65 bits per heavy atom. The van der Waals surface area contributed by atoms with Gasteiger partial charge in [-0.05, 0) is 51.8 Å². The van der Waals surface area contributed by atoms with Crippen LogP contribution in [-0.4, -0.2) is 39.0 Å². The average molecular weight is 298 g/mol. The minimum Gasteiger partial charge on any atom is -0.301 e. The first-order chi connectivity index (χ1) is 9.49. The predicted molar refractivity (Wildman–Crippen MR) is 77.6 cm³/mol. The second-order valence-electron chi connectivity index (χ2n) is 5.66. The van der Waals surface area contributed by atoms with Gasteiger partial charge in [0.1, 0.15) is 4.90 Å². The molecule has 0 spiro atoms. The summed E-state index contributed by atoms with van der Waals surface area (Å²) in [6.45, 7) is 7.05. The minimum absolute atomic E-state index is 0.291. The van der Waals surface area contributed by atoms with Gasteiger partial charge in [-0.25, -0.2) is 18.1 Å². The fourth-order valence-electron chi connectivity index (χ4n) is 2.53. The second kappa shape index (κ2) is 6.65. The summed E-state index contributed by atoms with van der Waals surface area (Å²) < 4.78 is 26.9. The number of pyridine rings is 1. The van der Waals surface area contributed by atoms with Crippen molar-refractivity contribution in [3.05, 3.63) is 24.5 Å². The Balaban J connectivity index is 1.85. The first kappa shape index (κ1) is 15.4. The van der Waals surface area contributed by atoms with Crippen LogP contribution in [0, 0.1) is 5.92 Å². The Morgan fingerprint density at radius 1 is 1.40 bits per heavy atom. The van der Waals surface area contributed by atoms with Crippen LogP contribution < -0.4 is 9.71 Å². The highest BCUT2D eigenvalue weighted by Crippen LogP contribution is 2.18. The van der Waals surface area contributed by atoms with Crippen LogP contribution in [0.5, 0.6) is 0 Å². The largest absolute Gasteiger partial charge is 0.301 e. The van der Waals surface area contributed by atoms with Gasteiger partial charge in [-0.3, -0.25) is 0 Å². The molecule has 0 unspecified atom stereocenters. The van der Waals surface area contributed by atoms with Crippen molar-refractivity contribution in [1.29, 1.82) is 0 Å². The van der Waals surface area contributed by atoms with Crippen molar-refractivity contribution in [3.8, 4) is 0 Å². The minimum atomic E-state index is -3.38. The molecule has 1 aliphatic heterocycles. The molecule has 1 aromatic heterocycles. The van der Waals surface area contributed by atoms with Gasteiger partial charge in [-0.15, -0.1) is 0 Å². The Bertz CT molecular complexity index is 508. The smallest absolute Gasteiger partial charge is 0.246 e. The zero-order valence-electron chi connectivity index (χ0n) is 12.2. The maximum absolute atomic E-state index is 12.1. The van der Waals surface area contributed by atoms with Gasteiger partial charge in [0.25, 0.3) is 0 Å². The van der Waals surface area contributed by atoms with E-state index in [-0.39, 0.29) is 0 Å². The van der Waals surface area contributed by atoms with E-state index in [9.17, 15) is 8.42 Å². The summed E-state index contributed by atoms with van der Waals surface area (Å²) in [5, 5.41) is 0. The van der Waals surface area contributed by atoms with E-state index < -0.39 is 10.0 Å². The third kappa shape index (κ3) is 4.01. The number of sulfonamides is 1. The van der Waals surface area contributed by atoms with Crippen molar-refractivity contribution in [2.75, 3.05) is 19.6 Å². The van der Waals surface area contributed by atoms with Crippen LogP contribution in [0.15, 0.2) is 29.4 Å². The van der Waals surface area contributed by atoms with Gasteiger partial charge in [0, 0.05) is 18.7 Å². The van der Waals surface area contributed by atoms with E-state index in [1.807, 2.05) is 0 Å². The summed E-state index contributed by atoms with van der Waals surface area (Å²) in [7, 11) is -3.38. The normalized spacial score (nSPS) is 18.6. The maximum atomic E-state index is 12.1. The van der Waals surface area contributed by atoms with E-state index in [4.69, 9.17) is 0 Å². The molecular weight excluding hydrogens is 274 g/mol. The van der Waals surface area contributed by atoms with E-state index in [1.54, 1.807) is 18.3 Å². The molecule has 1 fully saturated rings. The van der Waals surface area contributed by atoms with Crippen LogP contribution in [0.2, 0.25) is 0 Å². The van der Waals surface area contributed by atoms with Crippen LogP contribution >= 0.6 is 0 Å². The molecule has 2 N–H and O–H groups in total. The summed E-state index contributed by atoms with van der Waals surface area (Å²) >= 11 is 0. The molecule has 2 heterocycles. The summed E-state index contributed by atoms with van der Waals surface area (Å²) in [5.41, 5.74) is 0. The standard InChI is InChI=1S/C14H23N3O2S/c1-12(2)17-8-5-13(6-9-17)10-16-20(18,19)14-4-3-7-15-11-14/h3-4,7,11-13,16H,5-6,8-10H2,1-2H3/p+1. The van der Waals surface area contributed by atoms with E-state index >= 15 is 0 Å². The molecule has 0 radical (unpaired) electrons. The molecule has 20 heavy (non-hydrogen) atoms. The van der Waals surface area contributed by atoms with Crippen molar-refractivity contribution in [1.82, 2.24) is 9.62 Å². The molecule has 0 aromatic carbocycles. The summed E-state index contributed by atoms with van der Waals surface area (Å²) in [6, 6.07) is 3.86. The Kier molecular flexibility index (Phi) is 5.12. The number of H-pyrrole nitrogens is 1. The SMILES string of the molecule is CC(C)N1CCC(CNS(=O)(=O)c2ccc[nH+]c2)CC1. The Labute approximate surface area is 121 Å². The molecule has 1 aromatic rings. The molecule has 1 saturated heterocycles. The highest BCUT2D eigenvalue weighted by atomic mass is 32.2. The molecule has 6 heteroatoms. The zero-order chi connectivity index (χ0) is 14.6. The number of piperidine rings is 1. The number of nitrogens with zero attached hydrogens (tertiary/aromatic N) is 1. The number of aromatic nitrogens is 1. The van der Waals surface area contributed by atoms with E-state index in [0.29, 0.717) is 23.4 Å². The lowest BCUT2D eigenvalue weighted by molar-refractivity contribution is -0.381. The summed E-state index contributed by atoms with van der Waals surface area (Å²) in [5.74, 6) is 0.437. The number of rotatable bonds is 5. The zero-order valence-corrected chi connectivity index (χ0v) is 13.0. The van der Waals surface area contributed by atoms with Gasteiger partial charge < -0.3 is 4.90 Å². The van der Waals surface area contributed by atoms with E-state index in [1.165, 1.54) is 6.20 Å². The fraction of sp³-hybridized carbons (Fsp3) is 0.643. The molecule has 0 bridgehead atoms. The van der Waals surface area contributed by atoms with Crippen LogP contribution in [0.1, 0.15) is 26.7 Å². The van der Waals surface area contributed by atoms with Gasteiger partial charge in [0.05, 0.1) is 0 Å². The Morgan fingerprint density at radius 2 is 2.10 bits per heavy atom. The van der Waals surface area contributed by atoms with Crippen molar-refractivity contribution in [3.63, 3.8) is 0 Å². The molecule has 0 saturated carbocycles. The molecule has 1 aliphatic rings. The lowest BCUT2D eigenvalue weighted by Crippen LogP contribution is -2.41. The average Bonchev–Trinajstić information content (AvgIpc) is 2.46. The molecule has 5 nitrogen and oxygen atoms in total. The molecule has 112 valence electrons. The predicted octanol–water partition coefficient (Wildman–Crippen LogP) is 0.899. The van der Waals surface area contributed by atoms with Gasteiger partial charge in [0.2, 0.25) is 10.0 Å². The lowest BCUT2D eigenvalue weighted by atomic mass is 9.96. The monoisotopic (exact) mass is 298 g/mol. The molecule has 0 amide bonds.